The second kappa shape index (κ2) is 4.90. The van der Waals surface area contributed by atoms with Gasteiger partial charge in [0.05, 0.1) is 0 Å². The molecule has 92 valence electrons. The molecule has 1 unspecified atom stereocenters. The number of carbonyl (C=O) groups excluding carboxylic acids is 1. The summed E-state index contributed by atoms with van der Waals surface area (Å²) >= 11 is 0. The summed E-state index contributed by atoms with van der Waals surface area (Å²) in [5.74, 6) is -1.20. The highest BCUT2D eigenvalue weighted by atomic mass is 32.2. The van der Waals surface area contributed by atoms with Crippen molar-refractivity contribution in [3.63, 3.8) is 0 Å². The zero-order chi connectivity index (χ0) is 12.3. The number of rotatable bonds is 4. The van der Waals surface area contributed by atoms with Gasteiger partial charge in [-0.05, 0) is 12.8 Å². The fourth-order valence-corrected chi connectivity index (χ4v) is 2.99. The van der Waals surface area contributed by atoms with Crippen molar-refractivity contribution in [1.82, 2.24) is 0 Å². The summed E-state index contributed by atoms with van der Waals surface area (Å²) in [4.78, 5) is 21.4. The predicted molar refractivity (Wildman–Crippen MR) is 57.2 cm³/mol. The van der Waals surface area contributed by atoms with Crippen molar-refractivity contribution in [3.8, 4) is 0 Å². The average molecular weight is 249 g/mol. The molecule has 0 aromatic carbocycles. The molecule has 6 nitrogen and oxygen atoms in total. The van der Waals surface area contributed by atoms with Crippen LogP contribution in [0.15, 0.2) is 0 Å². The Balaban J connectivity index is 2.87. The van der Waals surface area contributed by atoms with E-state index in [1.54, 1.807) is 0 Å². The van der Waals surface area contributed by atoms with Crippen molar-refractivity contribution in [2.24, 2.45) is 5.92 Å². The van der Waals surface area contributed by atoms with E-state index in [0.717, 1.165) is 25.5 Å². The summed E-state index contributed by atoms with van der Waals surface area (Å²) in [6, 6.07) is 0. The Morgan fingerprint density at radius 2 is 1.81 bits per heavy atom. The third-order valence-corrected chi connectivity index (χ3v) is 4.06. The van der Waals surface area contributed by atoms with Gasteiger partial charge in [-0.1, -0.05) is 19.3 Å². The van der Waals surface area contributed by atoms with Gasteiger partial charge in [0.25, 0.3) is 0 Å². The lowest BCUT2D eigenvalue weighted by molar-refractivity contribution is -0.484. The van der Waals surface area contributed by atoms with Crippen molar-refractivity contribution >= 4 is 15.6 Å². The lowest BCUT2D eigenvalue weighted by Gasteiger charge is -2.20. The smallest absolute Gasteiger partial charge is 0.290 e. The van der Waals surface area contributed by atoms with Crippen LogP contribution in [-0.4, -0.2) is 30.8 Å². The molecule has 16 heavy (non-hydrogen) atoms. The van der Waals surface area contributed by atoms with Crippen LogP contribution in [-0.2, 0) is 14.6 Å². The molecule has 1 rings (SSSR count). The first-order valence-corrected chi connectivity index (χ1v) is 7.15. The number of carbonyl (C=O) groups is 1. The molecule has 1 saturated carbocycles. The fraction of sp³-hybridized carbons (Fsp3) is 0.889. The molecule has 0 aromatic rings. The molecular formula is C9H15NO5S. The minimum atomic E-state index is -3.96. The summed E-state index contributed by atoms with van der Waals surface area (Å²) in [6.45, 7) is 0. The van der Waals surface area contributed by atoms with Crippen molar-refractivity contribution in [3.05, 3.63) is 10.1 Å². The number of nitro groups is 1. The Morgan fingerprint density at radius 3 is 2.19 bits per heavy atom. The Morgan fingerprint density at radius 1 is 1.31 bits per heavy atom. The van der Waals surface area contributed by atoms with E-state index in [2.05, 4.69) is 0 Å². The summed E-state index contributed by atoms with van der Waals surface area (Å²) < 4.78 is 22.4. The monoisotopic (exact) mass is 249 g/mol. The van der Waals surface area contributed by atoms with Gasteiger partial charge in [-0.25, -0.2) is 8.42 Å². The zero-order valence-corrected chi connectivity index (χ0v) is 9.90. The normalized spacial score (nSPS) is 20.3. The van der Waals surface area contributed by atoms with Crippen molar-refractivity contribution in [2.75, 3.05) is 6.26 Å². The van der Waals surface area contributed by atoms with Crippen LogP contribution in [0, 0.1) is 16.0 Å². The molecular weight excluding hydrogens is 234 g/mol. The molecule has 0 amide bonds. The van der Waals surface area contributed by atoms with Crippen molar-refractivity contribution in [1.29, 1.82) is 0 Å². The summed E-state index contributed by atoms with van der Waals surface area (Å²) in [5.41, 5.74) is 0. The van der Waals surface area contributed by atoms with Gasteiger partial charge >= 0.3 is 5.37 Å². The van der Waals surface area contributed by atoms with Crippen molar-refractivity contribution in [2.45, 2.75) is 37.5 Å². The summed E-state index contributed by atoms with van der Waals surface area (Å²) in [7, 11) is -3.96. The lowest BCUT2D eigenvalue weighted by Crippen LogP contribution is -2.41. The van der Waals surface area contributed by atoms with E-state index in [1.165, 1.54) is 0 Å². The van der Waals surface area contributed by atoms with Gasteiger partial charge in [-0.2, -0.15) is 0 Å². The number of nitrogens with zero attached hydrogens (tertiary/aromatic N) is 1. The van der Waals surface area contributed by atoms with E-state index in [1.807, 2.05) is 0 Å². The molecule has 0 heterocycles. The number of hydrogen-bond acceptors (Lipinski definition) is 5. The van der Waals surface area contributed by atoms with Crippen LogP contribution in [0.4, 0.5) is 0 Å². The standard InChI is InChI=1S/C9H15NO5S/c1-16(14,15)9(10(12)13)8(11)7-5-3-2-4-6-7/h7,9H,2-6H2,1H3. The van der Waals surface area contributed by atoms with E-state index in [4.69, 9.17) is 0 Å². The summed E-state index contributed by atoms with van der Waals surface area (Å²) in [5, 5.41) is 8.56. The molecule has 0 bridgehead atoms. The minimum Gasteiger partial charge on any atom is -0.290 e. The average Bonchev–Trinajstić information content (AvgIpc) is 2.16. The van der Waals surface area contributed by atoms with E-state index in [-0.39, 0.29) is 0 Å². The predicted octanol–water partition coefficient (Wildman–Crippen LogP) is 0.783. The van der Waals surface area contributed by atoms with Gasteiger partial charge in [0.15, 0.2) is 0 Å². The number of hydrogen-bond donors (Lipinski definition) is 0. The topological polar surface area (TPSA) is 94.3 Å². The van der Waals surface area contributed by atoms with Crippen LogP contribution in [0.25, 0.3) is 0 Å². The maximum atomic E-state index is 11.8. The van der Waals surface area contributed by atoms with Crippen molar-refractivity contribution < 1.29 is 18.1 Å². The van der Waals surface area contributed by atoms with Gasteiger partial charge in [0.2, 0.25) is 15.6 Å². The van der Waals surface area contributed by atoms with Gasteiger partial charge in [-0.3, -0.25) is 14.9 Å². The van der Waals surface area contributed by atoms with Gasteiger partial charge < -0.3 is 0 Å². The van der Waals surface area contributed by atoms with Crippen LogP contribution in [0.1, 0.15) is 32.1 Å². The highest BCUT2D eigenvalue weighted by Crippen LogP contribution is 2.26. The number of ketones is 1. The molecule has 0 aromatic heterocycles. The second-order valence-corrected chi connectivity index (χ2v) is 6.31. The first kappa shape index (κ1) is 13.1. The third kappa shape index (κ3) is 3.01. The molecule has 1 fully saturated rings. The van der Waals surface area contributed by atoms with E-state index >= 15 is 0 Å². The first-order valence-electron chi connectivity index (χ1n) is 5.20. The Kier molecular flexibility index (Phi) is 4.01. The van der Waals surface area contributed by atoms with Crippen LogP contribution in [0.3, 0.4) is 0 Å². The Bertz CT molecular complexity index is 383. The third-order valence-electron chi connectivity index (χ3n) is 2.85. The number of sulfone groups is 1. The molecule has 0 N–H and O–H groups in total. The molecule has 1 atom stereocenters. The molecule has 0 radical (unpaired) electrons. The fourth-order valence-electron chi connectivity index (χ4n) is 2.06. The van der Waals surface area contributed by atoms with E-state index < -0.39 is 31.8 Å². The molecule has 1 aliphatic carbocycles. The molecule has 1 aliphatic rings. The number of Topliss-reactive ketones (excluding diaryl/α,β-unsaturated/α-hetero) is 1. The van der Waals surface area contributed by atoms with Crippen LogP contribution < -0.4 is 0 Å². The van der Waals surface area contributed by atoms with Gasteiger partial charge in [0.1, 0.15) is 0 Å². The highest BCUT2D eigenvalue weighted by Gasteiger charge is 2.43. The summed E-state index contributed by atoms with van der Waals surface area (Å²) in [6.07, 6.45) is 4.56. The molecule has 7 heteroatoms. The minimum absolute atomic E-state index is 0.459. The molecule has 0 aliphatic heterocycles. The maximum Gasteiger partial charge on any atom is 0.367 e. The van der Waals surface area contributed by atoms with Crippen LogP contribution in [0.5, 0.6) is 0 Å². The van der Waals surface area contributed by atoms with E-state index in [0.29, 0.717) is 12.8 Å². The van der Waals surface area contributed by atoms with Crippen LogP contribution in [0.2, 0.25) is 0 Å². The van der Waals surface area contributed by atoms with E-state index in [9.17, 15) is 23.3 Å². The largest absolute Gasteiger partial charge is 0.367 e. The maximum absolute atomic E-state index is 11.8. The second-order valence-electron chi connectivity index (χ2n) is 4.20. The van der Waals surface area contributed by atoms with Gasteiger partial charge in [-0.15, -0.1) is 0 Å². The Labute approximate surface area is 94.1 Å². The van der Waals surface area contributed by atoms with Crippen LogP contribution >= 0.6 is 0 Å². The zero-order valence-electron chi connectivity index (χ0n) is 9.09. The molecule has 0 spiro atoms. The highest BCUT2D eigenvalue weighted by molar-refractivity contribution is 7.91. The molecule has 0 saturated heterocycles. The Hall–Kier alpha value is -0.980. The SMILES string of the molecule is CS(=O)(=O)C(C(=O)C1CCCCC1)[N+](=O)[O-]. The quantitative estimate of drug-likeness (QED) is 0.542. The first-order chi connectivity index (χ1) is 7.34. The lowest BCUT2D eigenvalue weighted by atomic mass is 9.86. The van der Waals surface area contributed by atoms with Gasteiger partial charge in [0, 0.05) is 17.1 Å².